The highest BCUT2D eigenvalue weighted by atomic mass is 35.5. The highest BCUT2D eigenvalue weighted by molar-refractivity contribution is 6.18. The number of carbonyl (C=O) groups excluding carboxylic acids is 1. The molecule has 0 saturated carbocycles. The molecule has 0 atom stereocenters. The molecular weight excluding hydrogens is 152 g/mol. The van der Waals surface area contributed by atoms with Gasteiger partial charge in [-0.25, -0.2) is 0 Å². The van der Waals surface area contributed by atoms with Gasteiger partial charge >= 0.3 is 5.97 Å². The van der Waals surface area contributed by atoms with Crippen molar-refractivity contribution < 1.29 is 9.53 Å². The van der Waals surface area contributed by atoms with Crippen molar-refractivity contribution in [2.45, 2.75) is 6.92 Å². The third kappa shape index (κ3) is 26.9. The van der Waals surface area contributed by atoms with Crippen LogP contribution >= 0.6 is 11.6 Å². The fourth-order valence-corrected chi connectivity index (χ4v) is 0.117. The molecule has 0 heterocycles. The average molecular weight is 163 g/mol. The number of alkyl halides is 1. The Balaban J connectivity index is 0. The Bertz CT molecular complexity index is 110. The van der Waals surface area contributed by atoms with Crippen LogP contribution in [0.15, 0.2) is 25.5 Å². The smallest absolute Gasteiger partial charge is 0.307 e. The molecule has 0 rings (SSSR count). The molecule has 10 heavy (non-hydrogen) atoms. The van der Waals surface area contributed by atoms with E-state index in [0.29, 0.717) is 5.88 Å². The Labute approximate surface area is 66.1 Å². The zero-order chi connectivity index (χ0) is 8.41. The summed E-state index contributed by atoms with van der Waals surface area (Å²) in [5.74, 6) is 0.227. The largest absolute Gasteiger partial charge is 0.435 e. The van der Waals surface area contributed by atoms with Gasteiger partial charge in [0.25, 0.3) is 0 Å². The Morgan fingerprint density at radius 1 is 1.70 bits per heavy atom. The molecule has 0 aromatic heterocycles. The first-order valence-electron chi connectivity index (χ1n) is 2.64. The molecule has 0 saturated heterocycles. The first-order valence-corrected chi connectivity index (χ1v) is 3.17. The Morgan fingerprint density at radius 2 is 2.10 bits per heavy atom. The minimum atomic E-state index is -0.329. The second-order valence-corrected chi connectivity index (χ2v) is 1.53. The van der Waals surface area contributed by atoms with Crippen LogP contribution in [0.25, 0.3) is 0 Å². The summed E-state index contributed by atoms with van der Waals surface area (Å²) in [6.45, 7) is 7.83. The number of hydrogen-bond donors (Lipinski definition) is 0. The summed E-state index contributed by atoms with van der Waals surface area (Å²) in [4.78, 5) is 9.75. The summed E-state index contributed by atoms with van der Waals surface area (Å²) < 4.78 is 4.17. The van der Waals surface area contributed by atoms with E-state index in [-0.39, 0.29) is 5.97 Å². The summed E-state index contributed by atoms with van der Waals surface area (Å²) in [6, 6.07) is 0. The zero-order valence-electron chi connectivity index (χ0n) is 5.97. The first-order chi connectivity index (χ1) is 4.68. The van der Waals surface area contributed by atoms with Crippen LogP contribution < -0.4 is 0 Å². The van der Waals surface area contributed by atoms with Gasteiger partial charge in [0.2, 0.25) is 0 Å². The number of hydrogen-bond acceptors (Lipinski definition) is 2. The van der Waals surface area contributed by atoms with E-state index in [2.05, 4.69) is 17.9 Å². The highest BCUT2D eigenvalue weighted by Gasteiger charge is 1.79. The topological polar surface area (TPSA) is 26.3 Å². The van der Waals surface area contributed by atoms with Crippen LogP contribution in [0.3, 0.4) is 0 Å². The lowest BCUT2D eigenvalue weighted by molar-refractivity contribution is -0.135. The summed E-state index contributed by atoms with van der Waals surface area (Å²) >= 11 is 5.07. The van der Waals surface area contributed by atoms with Crippen molar-refractivity contribution in [3.63, 3.8) is 0 Å². The number of ether oxygens (including phenoxy) is 1. The summed E-state index contributed by atoms with van der Waals surface area (Å²) in [5, 5.41) is 0. The fraction of sp³-hybridized carbons (Fsp3) is 0.286. The van der Waals surface area contributed by atoms with E-state index in [4.69, 9.17) is 11.6 Å². The van der Waals surface area contributed by atoms with Gasteiger partial charge in [-0.2, -0.15) is 0 Å². The van der Waals surface area contributed by atoms with Gasteiger partial charge in [-0.15, -0.1) is 18.2 Å². The van der Waals surface area contributed by atoms with Crippen molar-refractivity contribution in [1.82, 2.24) is 0 Å². The maximum absolute atomic E-state index is 9.75. The zero-order valence-corrected chi connectivity index (χ0v) is 6.73. The number of carbonyl (C=O) groups is 1. The van der Waals surface area contributed by atoms with Crippen molar-refractivity contribution in [2.75, 3.05) is 5.88 Å². The molecule has 0 aliphatic heterocycles. The molecule has 0 radical (unpaired) electrons. The van der Waals surface area contributed by atoms with Crippen molar-refractivity contribution in [1.29, 1.82) is 0 Å². The summed E-state index contributed by atoms with van der Waals surface area (Å²) in [7, 11) is 0. The lowest BCUT2D eigenvalue weighted by Crippen LogP contribution is -1.87. The number of esters is 1. The van der Waals surface area contributed by atoms with E-state index < -0.39 is 0 Å². The minimum Gasteiger partial charge on any atom is -0.435 e. The third-order valence-corrected chi connectivity index (χ3v) is 0.577. The first kappa shape index (κ1) is 12.0. The Hall–Kier alpha value is -0.760. The molecule has 0 unspecified atom stereocenters. The van der Waals surface area contributed by atoms with E-state index in [1.54, 1.807) is 6.08 Å². The highest BCUT2D eigenvalue weighted by Crippen LogP contribution is 1.70. The van der Waals surface area contributed by atoms with Crippen LogP contribution in [-0.2, 0) is 9.53 Å². The lowest BCUT2D eigenvalue weighted by atomic mass is 10.8. The maximum atomic E-state index is 9.75. The molecule has 0 aliphatic rings. The number of halogens is 1. The lowest BCUT2D eigenvalue weighted by Gasteiger charge is -1.83. The molecule has 2 nitrogen and oxygen atoms in total. The van der Waals surface area contributed by atoms with Crippen molar-refractivity contribution in [3.8, 4) is 0 Å². The normalized spacial score (nSPS) is 6.60. The fourth-order valence-electron chi connectivity index (χ4n) is 0.117. The van der Waals surface area contributed by atoms with Gasteiger partial charge in [0.05, 0.1) is 6.26 Å². The SMILES string of the molecule is C=CCCl.C=COC(C)=O. The van der Waals surface area contributed by atoms with Crippen LogP contribution in [0, 0.1) is 0 Å². The Morgan fingerprint density at radius 3 is 2.10 bits per heavy atom. The third-order valence-electron chi connectivity index (χ3n) is 0.358. The number of rotatable bonds is 2. The standard InChI is InChI=1S/C4H6O2.C3H5Cl/c1-3-6-4(2)5;1-2-3-4/h3H,1H2,2H3;2H,1,3H2. The van der Waals surface area contributed by atoms with Gasteiger partial charge < -0.3 is 4.74 Å². The van der Waals surface area contributed by atoms with Gasteiger partial charge in [0.1, 0.15) is 0 Å². The van der Waals surface area contributed by atoms with Gasteiger partial charge in [0.15, 0.2) is 0 Å². The molecule has 0 fully saturated rings. The quantitative estimate of drug-likeness (QED) is 0.269. The predicted molar refractivity (Wildman–Crippen MR) is 42.9 cm³/mol. The average Bonchev–Trinajstić information content (AvgIpc) is 1.89. The molecule has 0 aromatic rings. The molecule has 0 amide bonds. The van der Waals surface area contributed by atoms with Crippen LogP contribution in [0.1, 0.15) is 6.92 Å². The van der Waals surface area contributed by atoms with Gasteiger partial charge in [-0.1, -0.05) is 12.7 Å². The van der Waals surface area contributed by atoms with Crippen molar-refractivity contribution >= 4 is 17.6 Å². The molecule has 0 spiro atoms. The monoisotopic (exact) mass is 162 g/mol. The summed E-state index contributed by atoms with van der Waals surface area (Å²) in [6.07, 6.45) is 2.74. The van der Waals surface area contributed by atoms with E-state index in [9.17, 15) is 4.79 Å². The minimum absolute atomic E-state index is 0.329. The predicted octanol–water partition coefficient (Wildman–Crippen LogP) is 2.10. The molecule has 0 aromatic carbocycles. The van der Waals surface area contributed by atoms with Crippen LogP contribution in [-0.4, -0.2) is 11.8 Å². The molecule has 0 bridgehead atoms. The molecule has 0 aliphatic carbocycles. The second-order valence-electron chi connectivity index (χ2n) is 1.22. The van der Waals surface area contributed by atoms with Gasteiger partial charge in [-0.3, -0.25) is 4.79 Å². The molecule has 3 heteroatoms. The molecular formula is C7H11ClO2. The van der Waals surface area contributed by atoms with Crippen LogP contribution in [0.5, 0.6) is 0 Å². The van der Waals surface area contributed by atoms with E-state index in [1.807, 2.05) is 0 Å². The van der Waals surface area contributed by atoms with Crippen LogP contribution in [0.2, 0.25) is 0 Å². The Kier molecular flexibility index (Phi) is 13.3. The maximum Gasteiger partial charge on any atom is 0.307 e. The van der Waals surface area contributed by atoms with Crippen molar-refractivity contribution in [2.24, 2.45) is 0 Å². The van der Waals surface area contributed by atoms with E-state index in [1.165, 1.54) is 6.92 Å². The van der Waals surface area contributed by atoms with Crippen LogP contribution in [0.4, 0.5) is 0 Å². The molecule has 0 N–H and O–H groups in total. The van der Waals surface area contributed by atoms with Crippen molar-refractivity contribution in [3.05, 3.63) is 25.5 Å². The van der Waals surface area contributed by atoms with E-state index >= 15 is 0 Å². The molecule has 58 valence electrons. The van der Waals surface area contributed by atoms with E-state index in [0.717, 1.165) is 6.26 Å². The second kappa shape index (κ2) is 11.1. The summed E-state index contributed by atoms with van der Waals surface area (Å²) in [5.41, 5.74) is 0. The van der Waals surface area contributed by atoms with Gasteiger partial charge in [-0.05, 0) is 0 Å². The van der Waals surface area contributed by atoms with Gasteiger partial charge in [0, 0.05) is 12.8 Å². The number of allylic oxidation sites excluding steroid dienone is 1.